The van der Waals surface area contributed by atoms with E-state index in [2.05, 4.69) is 15.4 Å². The standard InChI is InChI=1S/C16H20N2O3/c1-21-16(20)11-4-2-10(3-5-11)9-17-15(19)13-8-12-6-7-14(13)18-12/h2-5,12-14,18H,6-9H2,1H3,(H,17,19). The molecule has 0 aliphatic carbocycles. The minimum absolute atomic E-state index is 0.109. The van der Waals surface area contributed by atoms with E-state index in [0.29, 0.717) is 24.2 Å². The lowest BCUT2D eigenvalue weighted by Gasteiger charge is -2.19. The molecule has 2 aliphatic rings. The lowest BCUT2D eigenvalue weighted by Crippen LogP contribution is -2.37. The summed E-state index contributed by atoms with van der Waals surface area (Å²) in [5.41, 5.74) is 1.50. The van der Waals surface area contributed by atoms with Crippen molar-refractivity contribution in [1.29, 1.82) is 0 Å². The lowest BCUT2D eigenvalue weighted by atomic mass is 9.88. The maximum absolute atomic E-state index is 12.2. The van der Waals surface area contributed by atoms with Crippen LogP contribution < -0.4 is 10.6 Å². The van der Waals surface area contributed by atoms with Crippen molar-refractivity contribution < 1.29 is 14.3 Å². The first-order chi connectivity index (χ1) is 10.2. The number of ether oxygens (including phenoxy) is 1. The molecule has 0 radical (unpaired) electrons. The Morgan fingerprint density at radius 3 is 2.62 bits per heavy atom. The van der Waals surface area contributed by atoms with E-state index in [4.69, 9.17) is 0 Å². The Balaban J connectivity index is 1.53. The number of methoxy groups -OCH3 is 1. The maximum Gasteiger partial charge on any atom is 0.337 e. The number of rotatable bonds is 4. The van der Waals surface area contributed by atoms with E-state index < -0.39 is 0 Å². The van der Waals surface area contributed by atoms with Gasteiger partial charge < -0.3 is 15.4 Å². The Morgan fingerprint density at radius 2 is 2.05 bits per heavy atom. The van der Waals surface area contributed by atoms with Gasteiger partial charge in [0.05, 0.1) is 18.6 Å². The Labute approximate surface area is 124 Å². The van der Waals surface area contributed by atoms with E-state index in [1.165, 1.54) is 13.5 Å². The summed E-state index contributed by atoms with van der Waals surface area (Å²) < 4.78 is 4.65. The molecule has 1 aromatic rings. The van der Waals surface area contributed by atoms with Crippen LogP contribution in [0.3, 0.4) is 0 Å². The largest absolute Gasteiger partial charge is 0.465 e. The molecule has 3 unspecified atom stereocenters. The zero-order valence-corrected chi connectivity index (χ0v) is 12.1. The minimum atomic E-state index is -0.348. The molecule has 3 rings (SSSR count). The zero-order valence-electron chi connectivity index (χ0n) is 12.1. The van der Waals surface area contributed by atoms with Crippen molar-refractivity contribution in [2.75, 3.05) is 7.11 Å². The Bertz CT molecular complexity index is 541. The maximum atomic E-state index is 12.2. The van der Waals surface area contributed by atoms with Crippen molar-refractivity contribution in [3.05, 3.63) is 35.4 Å². The molecule has 2 heterocycles. The highest BCUT2D eigenvalue weighted by molar-refractivity contribution is 5.89. The third-order valence-electron chi connectivity index (χ3n) is 4.48. The van der Waals surface area contributed by atoms with Crippen molar-refractivity contribution in [1.82, 2.24) is 10.6 Å². The van der Waals surface area contributed by atoms with Crippen LogP contribution in [0.4, 0.5) is 0 Å². The molecule has 2 N–H and O–H groups in total. The molecular formula is C16H20N2O3. The van der Waals surface area contributed by atoms with Crippen LogP contribution >= 0.6 is 0 Å². The predicted octanol–water partition coefficient (Wildman–Crippen LogP) is 1.23. The van der Waals surface area contributed by atoms with Gasteiger partial charge in [0, 0.05) is 18.6 Å². The number of hydrogen-bond donors (Lipinski definition) is 2. The molecule has 1 aromatic carbocycles. The topological polar surface area (TPSA) is 67.4 Å². The second kappa shape index (κ2) is 5.85. The Hall–Kier alpha value is -1.88. The number of benzene rings is 1. The van der Waals surface area contributed by atoms with Gasteiger partial charge in [-0.1, -0.05) is 12.1 Å². The molecule has 0 spiro atoms. The molecule has 112 valence electrons. The molecule has 0 saturated carbocycles. The molecule has 0 aromatic heterocycles. The smallest absolute Gasteiger partial charge is 0.337 e. The fourth-order valence-corrected chi connectivity index (χ4v) is 3.31. The SMILES string of the molecule is COC(=O)c1ccc(CNC(=O)C2CC3CCC2N3)cc1. The number of hydrogen-bond acceptors (Lipinski definition) is 4. The molecule has 2 aliphatic heterocycles. The van der Waals surface area contributed by atoms with Crippen molar-refractivity contribution in [3.63, 3.8) is 0 Å². The van der Waals surface area contributed by atoms with Gasteiger partial charge >= 0.3 is 5.97 Å². The third-order valence-corrected chi connectivity index (χ3v) is 4.48. The molecule has 3 atom stereocenters. The number of fused-ring (bicyclic) bond motifs is 2. The molecule has 5 heteroatoms. The number of esters is 1. The van der Waals surface area contributed by atoms with Crippen LogP contribution in [0.1, 0.15) is 35.2 Å². The molecule has 2 bridgehead atoms. The van der Waals surface area contributed by atoms with Crippen LogP contribution in [0, 0.1) is 5.92 Å². The fourth-order valence-electron chi connectivity index (χ4n) is 3.31. The van der Waals surface area contributed by atoms with Gasteiger partial charge in [-0.2, -0.15) is 0 Å². The van der Waals surface area contributed by atoms with Gasteiger partial charge in [-0.05, 0) is 37.0 Å². The quantitative estimate of drug-likeness (QED) is 0.818. The van der Waals surface area contributed by atoms with E-state index in [0.717, 1.165) is 18.4 Å². The average molecular weight is 288 g/mol. The second-order valence-electron chi connectivity index (χ2n) is 5.80. The first-order valence-corrected chi connectivity index (χ1v) is 7.38. The summed E-state index contributed by atoms with van der Waals surface area (Å²) in [4.78, 5) is 23.5. The van der Waals surface area contributed by atoms with E-state index in [9.17, 15) is 9.59 Å². The monoisotopic (exact) mass is 288 g/mol. The van der Waals surface area contributed by atoms with E-state index >= 15 is 0 Å². The number of carbonyl (C=O) groups excluding carboxylic acids is 2. The lowest BCUT2D eigenvalue weighted by molar-refractivity contribution is -0.125. The molecule has 5 nitrogen and oxygen atoms in total. The van der Waals surface area contributed by atoms with Crippen LogP contribution in [0.5, 0.6) is 0 Å². The van der Waals surface area contributed by atoms with Gasteiger partial charge in [-0.15, -0.1) is 0 Å². The summed E-state index contributed by atoms with van der Waals surface area (Å²) in [6, 6.07) is 8.00. The second-order valence-corrected chi connectivity index (χ2v) is 5.80. The molecular weight excluding hydrogens is 268 g/mol. The van der Waals surface area contributed by atoms with Gasteiger partial charge in [0.2, 0.25) is 5.91 Å². The fraction of sp³-hybridized carbons (Fsp3) is 0.500. The van der Waals surface area contributed by atoms with Gasteiger partial charge in [0.25, 0.3) is 0 Å². The summed E-state index contributed by atoms with van der Waals surface area (Å²) in [6.07, 6.45) is 3.26. The van der Waals surface area contributed by atoms with Crippen molar-refractivity contribution in [3.8, 4) is 0 Å². The van der Waals surface area contributed by atoms with Crippen LogP contribution in [0.2, 0.25) is 0 Å². The summed E-state index contributed by atoms with van der Waals surface area (Å²) in [7, 11) is 1.36. The molecule has 1 amide bonds. The zero-order chi connectivity index (χ0) is 14.8. The van der Waals surface area contributed by atoms with Crippen LogP contribution in [0.25, 0.3) is 0 Å². The van der Waals surface area contributed by atoms with Crippen LogP contribution in [0.15, 0.2) is 24.3 Å². The van der Waals surface area contributed by atoms with Crippen molar-refractivity contribution >= 4 is 11.9 Å². The van der Waals surface area contributed by atoms with Gasteiger partial charge in [0.1, 0.15) is 0 Å². The van der Waals surface area contributed by atoms with E-state index in [1.807, 2.05) is 12.1 Å². The first-order valence-electron chi connectivity index (χ1n) is 7.38. The number of amides is 1. The van der Waals surface area contributed by atoms with E-state index in [1.54, 1.807) is 12.1 Å². The van der Waals surface area contributed by atoms with Gasteiger partial charge in [-0.25, -0.2) is 4.79 Å². The normalized spacial score (nSPS) is 26.6. The number of nitrogens with one attached hydrogen (secondary N) is 2. The minimum Gasteiger partial charge on any atom is -0.465 e. The number of carbonyl (C=O) groups is 2. The van der Waals surface area contributed by atoms with Crippen molar-refractivity contribution in [2.24, 2.45) is 5.92 Å². The summed E-state index contributed by atoms with van der Waals surface area (Å²) in [6.45, 7) is 0.494. The summed E-state index contributed by atoms with van der Waals surface area (Å²) in [5, 5.41) is 6.46. The van der Waals surface area contributed by atoms with Crippen LogP contribution in [-0.2, 0) is 16.1 Å². The Kier molecular flexibility index (Phi) is 3.92. The highest BCUT2D eigenvalue weighted by Crippen LogP contribution is 2.33. The molecule has 2 fully saturated rings. The van der Waals surface area contributed by atoms with Gasteiger partial charge in [-0.3, -0.25) is 4.79 Å². The highest BCUT2D eigenvalue weighted by atomic mass is 16.5. The molecule has 21 heavy (non-hydrogen) atoms. The predicted molar refractivity (Wildman–Crippen MR) is 77.7 cm³/mol. The van der Waals surface area contributed by atoms with Crippen LogP contribution in [-0.4, -0.2) is 31.1 Å². The average Bonchev–Trinajstić information content (AvgIpc) is 3.15. The highest BCUT2D eigenvalue weighted by Gasteiger charge is 2.42. The first kappa shape index (κ1) is 14.1. The van der Waals surface area contributed by atoms with Crippen molar-refractivity contribution in [2.45, 2.75) is 37.9 Å². The van der Waals surface area contributed by atoms with E-state index in [-0.39, 0.29) is 17.8 Å². The Morgan fingerprint density at radius 1 is 1.29 bits per heavy atom. The summed E-state index contributed by atoms with van der Waals surface area (Å²) >= 11 is 0. The summed E-state index contributed by atoms with van der Waals surface area (Å²) in [5.74, 6) is -0.108. The van der Waals surface area contributed by atoms with Gasteiger partial charge in [0.15, 0.2) is 0 Å². The molecule has 2 saturated heterocycles. The third kappa shape index (κ3) is 2.93.